The van der Waals surface area contributed by atoms with E-state index in [1.165, 1.54) is 35.1 Å². The standard InChI is InChI=1S/C32H40O2/c1-3-5-23-7-11-25(12-8-23)27-15-19-31(20-16-27)29(33)32(30(31)34)21-17-28(18-22-32)26-13-9-24(6-4-2)10-14-26/h7-14,27-28H,3-6,15-22H2,1-2H3. The van der Waals surface area contributed by atoms with Gasteiger partial charge in [0.25, 0.3) is 0 Å². The Morgan fingerprint density at radius 1 is 0.588 bits per heavy atom. The zero-order valence-corrected chi connectivity index (χ0v) is 21.1. The summed E-state index contributed by atoms with van der Waals surface area (Å²) in [4.78, 5) is 27.2. The largest absolute Gasteiger partial charge is 0.297 e. The van der Waals surface area contributed by atoms with Gasteiger partial charge < -0.3 is 0 Å². The molecule has 2 spiro atoms. The summed E-state index contributed by atoms with van der Waals surface area (Å²) >= 11 is 0. The van der Waals surface area contributed by atoms with Crippen LogP contribution in [0, 0.1) is 10.8 Å². The van der Waals surface area contributed by atoms with E-state index in [9.17, 15) is 9.59 Å². The SMILES string of the molecule is CCCc1ccc(C2CCC3(CC2)C(=O)C2(CCC(c4ccc(CCC)cc4)CC2)C3=O)cc1. The van der Waals surface area contributed by atoms with Crippen LogP contribution < -0.4 is 0 Å². The second-order valence-electron chi connectivity index (χ2n) is 11.4. The van der Waals surface area contributed by atoms with Gasteiger partial charge in [-0.05, 0) is 98.3 Å². The number of ketones is 2. The number of carbonyl (C=O) groups is 2. The Kier molecular flexibility index (Phi) is 6.53. The molecule has 0 N–H and O–H groups in total. The molecule has 34 heavy (non-hydrogen) atoms. The Labute approximate surface area is 205 Å². The van der Waals surface area contributed by atoms with Crippen LogP contribution in [0.4, 0.5) is 0 Å². The van der Waals surface area contributed by atoms with E-state index in [1.807, 2.05) is 0 Å². The Morgan fingerprint density at radius 3 is 1.21 bits per heavy atom. The van der Waals surface area contributed by atoms with Gasteiger partial charge >= 0.3 is 0 Å². The van der Waals surface area contributed by atoms with Crippen LogP contribution in [0.3, 0.4) is 0 Å². The third-order valence-corrected chi connectivity index (χ3v) is 9.40. The maximum atomic E-state index is 13.6. The molecule has 5 rings (SSSR count). The first-order valence-corrected chi connectivity index (χ1v) is 13.8. The molecule has 0 bridgehead atoms. The van der Waals surface area contributed by atoms with E-state index < -0.39 is 10.8 Å². The number of Topliss-reactive ketones (excluding diaryl/α,β-unsaturated/α-hetero) is 2. The number of hydrogen-bond donors (Lipinski definition) is 0. The quantitative estimate of drug-likeness (QED) is 0.417. The first kappa shape index (κ1) is 23.5. The molecule has 180 valence electrons. The summed E-state index contributed by atoms with van der Waals surface area (Å²) in [6.07, 6.45) is 11.5. The summed E-state index contributed by atoms with van der Waals surface area (Å²) in [6, 6.07) is 18.1. The van der Waals surface area contributed by atoms with Gasteiger partial charge in [-0.25, -0.2) is 0 Å². The minimum Gasteiger partial charge on any atom is -0.297 e. The van der Waals surface area contributed by atoms with Crippen LogP contribution in [0.15, 0.2) is 48.5 Å². The number of rotatable bonds is 6. The van der Waals surface area contributed by atoms with E-state index in [-0.39, 0.29) is 0 Å². The summed E-state index contributed by atoms with van der Waals surface area (Å²) in [6.45, 7) is 4.43. The maximum absolute atomic E-state index is 13.6. The van der Waals surface area contributed by atoms with E-state index >= 15 is 0 Å². The summed E-state index contributed by atoms with van der Waals surface area (Å²) < 4.78 is 0. The van der Waals surface area contributed by atoms with Crippen molar-refractivity contribution in [1.82, 2.24) is 0 Å². The molecule has 0 aliphatic heterocycles. The van der Waals surface area contributed by atoms with E-state index in [0.717, 1.165) is 64.2 Å². The Balaban J connectivity index is 1.19. The third kappa shape index (κ3) is 3.88. The molecule has 0 saturated heterocycles. The second-order valence-corrected chi connectivity index (χ2v) is 11.4. The third-order valence-electron chi connectivity index (χ3n) is 9.40. The van der Waals surface area contributed by atoms with Gasteiger partial charge in [0.2, 0.25) is 0 Å². The fourth-order valence-corrected chi connectivity index (χ4v) is 7.35. The van der Waals surface area contributed by atoms with Crippen molar-refractivity contribution in [3.8, 4) is 0 Å². The van der Waals surface area contributed by atoms with Crippen LogP contribution in [-0.2, 0) is 22.4 Å². The van der Waals surface area contributed by atoms with Crippen molar-refractivity contribution in [3.63, 3.8) is 0 Å². The highest BCUT2D eigenvalue weighted by molar-refractivity contribution is 6.30. The average molecular weight is 457 g/mol. The Morgan fingerprint density at radius 2 is 0.912 bits per heavy atom. The van der Waals surface area contributed by atoms with Crippen molar-refractivity contribution in [1.29, 1.82) is 0 Å². The fourth-order valence-electron chi connectivity index (χ4n) is 7.35. The Hall–Kier alpha value is -2.22. The highest BCUT2D eigenvalue weighted by atomic mass is 16.2. The zero-order chi connectivity index (χ0) is 23.8. The summed E-state index contributed by atoms with van der Waals surface area (Å²) in [7, 11) is 0. The molecule has 2 aromatic rings. The van der Waals surface area contributed by atoms with E-state index in [4.69, 9.17) is 0 Å². The van der Waals surface area contributed by atoms with Gasteiger partial charge in [0.05, 0.1) is 10.8 Å². The maximum Gasteiger partial charge on any atom is 0.159 e. The molecule has 0 amide bonds. The monoisotopic (exact) mass is 456 g/mol. The van der Waals surface area contributed by atoms with Crippen LogP contribution in [0.25, 0.3) is 0 Å². The van der Waals surface area contributed by atoms with Crippen molar-refractivity contribution in [2.75, 3.05) is 0 Å². The highest BCUT2D eigenvalue weighted by Crippen LogP contribution is 2.62. The molecule has 3 fully saturated rings. The zero-order valence-electron chi connectivity index (χ0n) is 21.1. The molecule has 2 aromatic carbocycles. The lowest BCUT2D eigenvalue weighted by molar-refractivity contribution is -0.177. The van der Waals surface area contributed by atoms with Gasteiger partial charge in [0.15, 0.2) is 11.6 Å². The molecule has 0 heterocycles. The van der Waals surface area contributed by atoms with Gasteiger partial charge in [-0.3, -0.25) is 9.59 Å². The minimum atomic E-state index is -0.646. The van der Waals surface area contributed by atoms with E-state index in [2.05, 4.69) is 62.4 Å². The molecule has 0 atom stereocenters. The first-order chi connectivity index (χ1) is 16.5. The molecule has 0 unspecified atom stereocenters. The van der Waals surface area contributed by atoms with Crippen molar-refractivity contribution in [2.24, 2.45) is 10.8 Å². The normalized spacial score (nSPS) is 31.1. The predicted octanol–water partition coefficient (Wildman–Crippen LogP) is 7.73. The molecule has 0 radical (unpaired) electrons. The first-order valence-electron chi connectivity index (χ1n) is 13.8. The molecular formula is C32H40O2. The van der Waals surface area contributed by atoms with Crippen molar-refractivity contribution < 1.29 is 9.59 Å². The van der Waals surface area contributed by atoms with Gasteiger partial charge in [0.1, 0.15) is 0 Å². The van der Waals surface area contributed by atoms with Crippen molar-refractivity contribution in [3.05, 3.63) is 70.8 Å². The van der Waals surface area contributed by atoms with Crippen LogP contribution in [0.5, 0.6) is 0 Å². The average Bonchev–Trinajstić information content (AvgIpc) is 2.89. The molecule has 2 heteroatoms. The van der Waals surface area contributed by atoms with Gasteiger partial charge in [-0.2, -0.15) is 0 Å². The number of carbonyl (C=O) groups excluding carboxylic acids is 2. The van der Waals surface area contributed by atoms with Crippen LogP contribution in [-0.4, -0.2) is 11.6 Å². The van der Waals surface area contributed by atoms with Crippen LogP contribution in [0.2, 0.25) is 0 Å². The minimum absolute atomic E-state index is 0.304. The topological polar surface area (TPSA) is 34.1 Å². The summed E-state index contributed by atoms with van der Waals surface area (Å²) in [5.74, 6) is 1.59. The molecule has 3 saturated carbocycles. The molecular weight excluding hydrogens is 416 g/mol. The number of aryl methyl sites for hydroxylation is 2. The molecule has 3 aliphatic rings. The number of hydrogen-bond acceptors (Lipinski definition) is 2. The molecule has 2 nitrogen and oxygen atoms in total. The fraction of sp³-hybridized carbons (Fsp3) is 0.562. The molecule has 3 aliphatic carbocycles. The van der Waals surface area contributed by atoms with Gasteiger partial charge in [-0.1, -0.05) is 75.2 Å². The molecule has 0 aromatic heterocycles. The second kappa shape index (κ2) is 9.44. The Bertz CT molecular complexity index is 912. The van der Waals surface area contributed by atoms with Gasteiger partial charge in [0, 0.05) is 0 Å². The van der Waals surface area contributed by atoms with Crippen molar-refractivity contribution in [2.45, 2.75) is 103 Å². The summed E-state index contributed by atoms with van der Waals surface area (Å²) in [5, 5.41) is 0. The lowest BCUT2D eigenvalue weighted by atomic mass is 9.42. The van der Waals surface area contributed by atoms with E-state index in [1.54, 1.807) is 0 Å². The van der Waals surface area contributed by atoms with Crippen LogP contribution >= 0.6 is 0 Å². The van der Waals surface area contributed by atoms with Gasteiger partial charge in [-0.15, -0.1) is 0 Å². The summed E-state index contributed by atoms with van der Waals surface area (Å²) in [5.41, 5.74) is 4.28. The van der Waals surface area contributed by atoms with E-state index in [0.29, 0.717) is 23.4 Å². The van der Waals surface area contributed by atoms with Crippen molar-refractivity contribution >= 4 is 11.6 Å². The smallest absolute Gasteiger partial charge is 0.159 e. The predicted molar refractivity (Wildman–Crippen MR) is 138 cm³/mol. The van der Waals surface area contributed by atoms with Crippen LogP contribution in [0.1, 0.15) is 112 Å². The lowest BCUT2D eigenvalue weighted by Gasteiger charge is -2.57. The number of benzene rings is 2. The highest BCUT2D eigenvalue weighted by Gasteiger charge is 2.70. The lowest BCUT2D eigenvalue weighted by Crippen LogP contribution is -2.68.